The van der Waals surface area contributed by atoms with Crippen LogP contribution >= 0.6 is 0 Å². The number of rotatable bonds is 2. The number of nitrogens with zero attached hydrogens (tertiary/aromatic N) is 1. The first-order valence-electron chi connectivity index (χ1n) is 5.02. The van der Waals surface area contributed by atoms with E-state index in [1.807, 2.05) is 36.4 Å². The number of hydrogen-bond donors (Lipinski definition) is 1. The van der Waals surface area contributed by atoms with Crippen molar-refractivity contribution < 1.29 is 9.90 Å². The molecule has 0 atom stereocenters. The molecule has 3 nitrogen and oxygen atoms in total. The van der Waals surface area contributed by atoms with Crippen molar-refractivity contribution in [1.82, 2.24) is 0 Å². The third-order valence-electron chi connectivity index (χ3n) is 1.43. The second kappa shape index (κ2) is 13.7. The van der Waals surface area contributed by atoms with Crippen molar-refractivity contribution >= 4 is 12.0 Å². The van der Waals surface area contributed by atoms with Gasteiger partial charge in [0.2, 0.25) is 0 Å². The molecule has 0 aliphatic heterocycles. The van der Waals surface area contributed by atoms with Crippen LogP contribution in [-0.2, 0) is 4.79 Å². The molecule has 1 rings (SSSR count). The molecular formula is C14H17NO2. The van der Waals surface area contributed by atoms with Crippen molar-refractivity contribution in [3.8, 4) is 6.07 Å². The second-order valence-electron chi connectivity index (χ2n) is 2.70. The summed E-state index contributed by atoms with van der Waals surface area (Å²) in [7, 11) is 0. The van der Waals surface area contributed by atoms with Gasteiger partial charge in [-0.05, 0) is 5.56 Å². The molecule has 1 aromatic rings. The average Bonchev–Trinajstić information content (AvgIpc) is 2.40. The Morgan fingerprint density at radius 1 is 1.41 bits per heavy atom. The molecule has 0 aliphatic rings. The molecule has 0 bridgehead atoms. The predicted molar refractivity (Wildman–Crippen MR) is 70.3 cm³/mol. The fraction of sp³-hybridized carbons (Fsp3) is 0.143. The molecule has 0 fully saturated rings. The third kappa shape index (κ3) is 16.3. The zero-order valence-corrected chi connectivity index (χ0v) is 9.97. The Morgan fingerprint density at radius 2 is 1.82 bits per heavy atom. The lowest BCUT2D eigenvalue weighted by Gasteiger charge is -1.85. The Kier molecular flexibility index (Phi) is 13.7. The van der Waals surface area contributed by atoms with Crippen LogP contribution in [0.15, 0.2) is 49.6 Å². The van der Waals surface area contributed by atoms with Gasteiger partial charge in [0, 0.05) is 12.5 Å². The molecular weight excluding hydrogens is 214 g/mol. The van der Waals surface area contributed by atoms with Crippen molar-refractivity contribution in [3.05, 3.63) is 55.1 Å². The number of aliphatic carboxylic acids is 1. The molecule has 0 radical (unpaired) electrons. The van der Waals surface area contributed by atoms with E-state index in [0.29, 0.717) is 0 Å². The average molecular weight is 231 g/mol. The number of carbonyl (C=O) groups is 1. The zero-order valence-electron chi connectivity index (χ0n) is 9.97. The topological polar surface area (TPSA) is 61.1 Å². The van der Waals surface area contributed by atoms with Crippen LogP contribution in [0.5, 0.6) is 0 Å². The van der Waals surface area contributed by atoms with Crippen LogP contribution < -0.4 is 0 Å². The summed E-state index contributed by atoms with van der Waals surface area (Å²) in [6.07, 6.45) is 3.24. The predicted octanol–water partition coefficient (Wildman–Crippen LogP) is 3.51. The summed E-state index contributed by atoms with van der Waals surface area (Å²) in [5.74, 6) is -0.745. The van der Waals surface area contributed by atoms with Crippen LogP contribution in [0, 0.1) is 11.3 Å². The summed E-state index contributed by atoms with van der Waals surface area (Å²) in [5.41, 5.74) is 1.17. The summed E-state index contributed by atoms with van der Waals surface area (Å²) in [5, 5.41) is 15.2. The Morgan fingerprint density at radius 3 is 2.00 bits per heavy atom. The smallest absolute Gasteiger partial charge is 0.303 e. The lowest BCUT2D eigenvalue weighted by Crippen LogP contribution is -1.86. The highest BCUT2D eigenvalue weighted by molar-refractivity contribution is 5.66. The first kappa shape index (κ1) is 17.1. The second-order valence-corrected chi connectivity index (χ2v) is 2.70. The number of allylic oxidation sites excluding steroid dienone is 1. The van der Waals surface area contributed by atoms with Gasteiger partial charge in [0.15, 0.2) is 0 Å². The normalized spacial score (nSPS) is 7.06. The first-order valence-corrected chi connectivity index (χ1v) is 5.02. The van der Waals surface area contributed by atoms with E-state index in [-0.39, 0.29) is 6.42 Å². The van der Waals surface area contributed by atoms with Gasteiger partial charge in [-0.25, -0.2) is 0 Å². The van der Waals surface area contributed by atoms with Crippen molar-refractivity contribution in [2.45, 2.75) is 13.3 Å². The minimum Gasteiger partial charge on any atom is -0.481 e. The van der Waals surface area contributed by atoms with E-state index < -0.39 is 5.97 Å². The van der Waals surface area contributed by atoms with Gasteiger partial charge in [-0.1, -0.05) is 56.5 Å². The summed E-state index contributed by atoms with van der Waals surface area (Å²) in [6.45, 7) is 8.35. The summed E-state index contributed by atoms with van der Waals surface area (Å²) >= 11 is 0. The standard InChI is InChI=1S/C8H8.C3H3N.C3H6O2/c1-2-8-6-4-3-5-7-8;1-2-3-4;1-2-3(4)5/h2-7H,1H2;2H,1H2;2H2,1H3,(H,4,5). The molecule has 0 saturated heterocycles. The van der Waals surface area contributed by atoms with E-state index in [2.05, 4.69) is 13.2 Å². The maximum Gasteiger partial charge on any atom is 0.303 e. The molecule has 3 heteroatoms. The van der Waals surface area contributed by atoms with Gasteiger partial charge in [-0.15, -0.1) is 0 Å². The van der Waals surface area contributed by atoms with Crippen LogP contribution in [0.25, 0.3) is 6.08 Å². The van der Waals surface area contributed by atoms with Crippen LogP contribution in [0.3, 0.4) is 0 Å². The van der Waals surface area contributed by atoms with Crippen LogP contribution in [-0.4, -0.2) is 11.1 Å². The molecule has 1 aromatic carbocycles. The minimum absolute atomic E-state index is 0.222. The molecule has 90 valence electrons. The maximum absolute atomic E-state index is 9.37. The van der Waals surface area contributed by atoms with Gasteiger partial charge in [-0.2, -0.15) is 5.26 Å². The molecule has 0 saturated carbocycles. The molecule has 0 unspecified atom stereocenters. The Bertz CT molecular complexity index is 364. The van der Waals surface area contributed by atoms with Crippen LogP contribution in [0.1, 0.15) is 18.9 Å². The number of nitriles is 1. The SMILES string of the molecule is C=CC#N.C=Cc1ccccc1.CCC(=O)O. The largest absolute Gasteiger partial charge is 0.481 e. The van der Waals surface area contributed by atoms with Gasteiger partial charge >= 0.3 is 5.97 Å². The number of carboxylic acid groups (broad SMARTS) is 1. The van der Waals surface area contributed by atoms with Gasteiger partial charge < -0.3 is 5.11 Å². The molecule has 0 spiro atoms. The van der Waals surface area contributed by atoms with Gasteiger partial charge in [0.1, 0.15) is 0 Å². The molecule has 17 heavy (non-hydrogen) atoms. The van der Waals surface area contributed by atoms with Crippen molar-refractivity contribution in [2.75, 3.05) is 0 Å². The summed E-state index contributed by atoms with van der Waals surface area (Å²) < 4.78 is 0. The van der Waals surface area contributed by atoms with E-state index in [1.54, 1.807) is 13.0 Å². The van der Waals surface area contributed by atoms with Gasteiger partial charge in [-0.3, -0.25) is 4.79 Å². The monoisotopic (exact) mass is 231 g/mol. The number of carboxylic acids is 1. The molecule has 0 amide bonds. The van der Waals surface area contributed by atoms with E-state index in [9.17, 15) is 4.79 Å². The Labute approximate surface area is 102 Å². The van der Waals surface area contributed by atoms with Gasteiger partial charge in [0.05, 0.1) is 6.07 Å². The van der Waals surface area contributed by atoms with E-state index in [1.165, 1.54) is 11.6 Å². The fourth-order valence-electron chi connectivity index (χ4n) is 0.589. The number of hydrogen-bond acceptors (Lipinski definition) is 2. The van der Waals surface area contributed by atoms with E-state index in [0.717, 1.165) is 0 Å². The van der Waals surface area contributed by atoms with Crippen molar-refractivity contribution in [3.63, 3.8) is 0 Å². The first-order chi connectivity index (χ1) is 8.12. The third-order valence-corrected chi connectivity index (χ3v) is 1.43. The van der Waals surface area contributed by atoms with Crippen molar-refractivity contribution in [1.29, 1.82) is 5.26 Å². The summed E-state index contributed by atoms with van der Waals surface area (Å²) in [6, 6.07) is 11.7. The van der Waals surface area contributed by atoms with Crippen LogP contribution in [0.4, 0.5) is 0 Å². The highest BCUT2D eigenvalue weighted by Gasteiger charge is 1.80. The highest BCUT2D eigenvalue weighted by Crippen LogP contribution is 1.97. The molecule has 0 aromatic heterocycles. The maximum atomic E-state index is 9.37. The minimum atomic E-state index is -0.745. The van der Waals surface area contributed by atoms with Crippen molar-refractivity contribution in [2.24, 2.45) is 0 Å². The fourth-order valence-corrected chi connectivity index (χ4v) is 0.589. The van der Waals surface area contributed by atoms with E-state index >= 15 is 0 Å². The van der Waals surface area contributed by atoms with Gasteiger partial charge in [0.25, 0.3) is 0 Å². The Balaban J connectivity index is 0. The quantitative estimate of drug-likeness (QED) is 0.792. The zero-order chi connectivity index (χ0) is 13.5. The summed E-state index contributed by atoms with van der Waals surface area (Å²) in [4.78, 5) is 9.37. The molecule has 0 heterocycles. The Hall–Kier alpha value is -2.34. The van der Waals surface area contributed by atoms with Crippen LogP contribution in [0.2, 0.25) is 0 Å². The lowest BCUT2D eigenvalue weighted by atomic mass is 10.2. The number of benzene rings is 1. The lowest BCUT2D eigenvalue weighted by molar-refractivity contribution is -0.136. The molecule has 1 N–H and O–H groups in total. The van der Waals surface area contributed by atoms with E-state index in [4.69, 9.17) is 10.4 Å². The molecule has 0 aliphatic carbocycles. The highest BCUT2D eigenvalue weighted by atomic mass is 16.4.